The number of hydrogen-bond acceptors (Lipinski definition) is 4. The molecule has 2 heterocycles. The number of piperazine rings is 1. The van der Waals surface area contributed by atoms with Gasteiger partial charge in [0.1, 0.15) is 0 Å². The number of hydrogen-bond donors (Lipinski definition) is 1. The first-order valence-electron chi connectivity index (χ1n) is 6.76. The number of ether oxygens (including phenoxy) is 1. The minimum Gasteiger partial charge on any atom is -0.383 e. The van der Waals surface area contributed by atoms with Crippen molar-refractivity contribution in [2.75, 3.05) is 51.3 Å². The fourth-order valence-electron chi connectivity index (χ4n) is 2.57. The van der Waals surface area contributed by atoms with Gasteiger partial charge in [0, 0.05) is 50.9 Å². The maximum absolute atomic E-state index is 5.13. The van der Waals surface area contributed by atoms with Crippen LogP contribution in [0.5, 0.6) is 0 Å². The maximum Gasteiger partial charge on any atom is 0.0670 e. The zero-order valence-corrected chi connectivity index (χ0v) is 11.3. The second-order valence-corrected chi connectivity index (χ2v) is 4.96. The molecule has 1 saturated heterocycles. The minimum absolute atomic E-state index is 0.820. The summed E-state index contributed by atoms with van der Waals surface area (Å²) in [4.78, 5) is 4.89. The second-order valence-electron chi connectivity index (χ2n) is 4.96. The van der Waals surface area contributed by atoms with Gasteiger partial charge in [0.25, 0.3) is 0 Å². The molecule has 2 aromatic rings. The molecule has 3 rings (SSSR count). The third-order valence-corrected chi connectivity index (χ3v) is 3.77. The molecule has 1 aromatic heterocycles. The summed E-state index contributed by atoms with van der Waals surface area (Å²) >= 11 is 0. The molecule has 5 nitrogen and oxygen atoms in total. The average molecular weight is 260 g/mol. The van der Waals surface area contributed by atoms with E-state index >= 15 is 0 Å². The Morgan fingerprint density at radius 2 is 2.11 bits per heavy atom. The molecule has 1 aliphatic rings. The Labute approximate surface area is 113 Å². The number of methoxy groups -OCH3 is 1. The predicted molar refractivity (Wildman–Crippen MR) is 76.6 cm³/mol. The molecule has 0 saturated carbocycles. The SMILES string of the molecule is COCCN1CCN(c2ccc3cn[nH]c3c2)CC1. The van der Waals surface area contributed by atoms with E-state index in [1.54, 1.807) is 7.11 Å². The monoisotopic (exact) mass is 260 g/mol. The topological polar surface area (TPSA) is 44.4 Å². The number of H-pyrrole nitrogens is 1. The van der Waals surface area contributed by atoms with E-state index in [-0.39, 0.29) is 0 Å². The molecule has 1 N–H and O–H groups in total. The van der Waals surface area contributed by atoms with Gasteiger partial charge in [-0.2, -0.15) is 5.10 Å². The van der Waals surface area contributed by atoms with Crippen molar-refractivity contribution in [3.05, 3.63) is 24.4 Å². The van der Waals surface area contributed by atoms with Crippen molar-refractivity contribution >= 4 is 16.6 Å². The van der Waals surface area contributed by atoms with Crippen molar-refractivity contribution < 1.29 is 4.74 Å². The standard InChI is InChI=1S/C14H20N4O/c1-19-9-8-17-4-6-18(7-5-17)13-3-2-12-11-15-16-14(12)10-13/h2-3,10-11H,4-9H2,1H3,(H,15,16). The lowest BCUT2D eigenvalue weighted by Crippen LogP contribution is -2.47. The van der Waals surface area contributed by atoms with E-state index < -0.39 is 0 Å². The summed E-state index contributed by atoms with van der Waals surface area (Å²) in [7, 11) is 1.76. The Kier molecular flexibility index (Phi) is 3.66. The minimum atomic E-state index is 0.820. The van der Waals surface area contributed by atoms with E-state index in [0.29, 0.717) is 0 Å². The summed E-state index contributed by atoms with van der Waals surface area (Å²) in [5.41, 5.74) is 2.39. The van der Waals surface area contributed by atoms with Crippen molar-refractivity contribution in [1.29, 1.82) is 0 Å². The highest BCUT2D eigenvalue weighted by atomic mass is 16.5. The molecule has 102 valence electrons. The summed E-state index contributed by atoms with van der Waals surface area (Å²) < 4.78 is 5.13. The summed E-state index contributed by atoms with van der Waals surface area (Å²) in [5, 5.41) is 8.27. The van der Waals surface area contributed by atoms with Gasteiger partial charge in [0.15, 0.2) is 0 Å². The highest BCUT2D eigenvalue weighted by molar-refractivity contribution is 5.81. The van der Waals surface area contributed by atoms with Gasteiger partial charge in [0.2, 0.25) is 0 Å². The predicted octanol–water partition coefficient (Wildman–Crippen LogP) is 1.33. The molecule has 1 fully saturated rings. The molecule has 0 atom stereocenters. The largest absolute Gasteiger partial charge is 0.383 e. The third kappa shape index (κ3) is 2.72. The van der Waals surface area contributed by atoms with E-state index in [1.165, 1.54) is 11.1 Å². The molecule has 0 spiro atoms. The Hall–Kier alpha value is -1.59. The summed E-state index contributed by atoms with van der Waals surface area (Å²) in [6.45, 7) is 6.20. The number of nitrogens with zero attached hydrogens (tertiary/aromatic N) is 3. The van der Waals surface area contributed by atoms with Crippen molar-refractivity contribution in [3.63, 3.8) is 0 Å². The molecule has 1 aromatic carbocycles. The van der Waals surface area contributed by atoms with Crippen molar-refractivity contribution in [2.45, 2.75) is 0 Å². The second kappa shape index (κ2) is 5.59. The van der Waals surface area contributed by atoms with Crippen LogP contribution >= 0.6 is 0 Å². The van der Waals surface area contributed by atoms with Crippen LogP contribution in [0.15, 0.2) is 24.4 Å². The molecular formula is C14H20N4O. The average Bonchev–Trinajstić information content (AvgIpc) is 2.93. The molecule has 0 radical (unpaired) electrons. The molecule has 5 heteroatoms. The quantitative estimate of drug-likeness (QED) is 0.901. The van der Waals surface area contributed by atoms with Crippen LogP contribution in [0.2, 0.25) is 0 Å². The van der Waals surface area contributed by atoms with Gasteiger partial charge in [-0.15, -0.1) is 0 Å². The zero-order valence-electron chi connectivity index (χ0n) is 11.3. The first kappa shape index (κ1) is 12.4. The Balaban J connectivity index is 1.64. The van der Waals surface area contributed by atoms with Gasteiger partial charge < -0.3 is 9.64 Å². The molecule has 0 bridgehead atoms. The van der Waals surface area contributed by atoms with E-state index in [9.17, 15) is 0 Å². The number of anilines is 1. The van der Waals surface area contributed by atoms with Gasteiger partial charge in [-0.3, -0.25) is 10.00 Å². The van der Waals surface area contributed by atoms with Crippen LogP contribution in [0.25, 0.3) is 10.9 Å². The highest BCUT2D eigenvalue weighted by Crippen LogP contribution is 2.21. The van der Waals surface area contributed by atoms with Crippen LogP contribution in [0.4, 0.5) is 5.69 Å². The lowest BCUT2D eigenvalue weighted by molar-refractivity contribution is 0.144. The van der Waals surface area contributed by atoms with Gasteiger partial charge in [-0.05, 0) is 18.2 Å². The van der Waals surface area contributed by atoms with Crippen molar-refractivity contribution in [2.24, 2.45) is 0 Å². The van der Waals surface area contributed by atoms with Gasteiger partial charge in [0.05, 0.1) is 18.3 Å². The van der Waals surface area contributed by atoms with Crippen LogP contribution in [-0.4, -0.2) is 61.5 Å². The number of aromatic nitrogens is 2. The van der Waals surface area contributed by atoms with Crippen LogP contribution in [0, 0.1) is 0 Å². The van der Waals surface area contributed by atoms with E-state index in [4.69, 9.17) is 4.74 Å². The Bertz CT molecular complexity index is 531. The molecule has 0 aliphatic carbocycles. The van der Waals surface area contributed by atoms with Crippen molar-refractivity contribution in [1.82, 2.24) is 15.1 Å². The van der Waals surface area contributed by atoms with E-state index in [0.717, 1.165) is 44.8 Å². The molecule has 0 amide bonds. The Morgan fingerprint density at radius 3 is 2.89 bits per heavy atom. The summed E-state index contributed by atoms with van der Waals surface area (Å²) in [5.74, 6) is 0. The van der Waals surface area contributed by atoms with Gasteiger partial charge in [-0.1, -0.05) is 0 Å². The number of benzene rings is 1. The van der Waals surface area contributed by atoms with E-state index in [1.807, 2.05) is 6.20 Å². The number of rotatable bonds is 4. The molecule has 0 unspecified atom stereocenters. The number of aromatic amines is 1. The fraction of sp³-hybridized carbons (Fsp3) is 0.500. The summed E-state index contributed by atoms with van der Waals surface area (Å²) in [6.07, 6.45) is 1.86. The lowest BCUT2D eigenvalue weighted by Gasteiger charge is -2.36. The molecule has 19 heavy (non-hydrogen) atoms. The van der Waals surface area contributed by atoms with Gasteiger partial charge in [-0.25, -0.2) is 0 Å². The maximum atomic E-state index is 5.13. The van der Waals surface area contributed by atoms with E-state index in [2.05, 4.69) is 38.2 Å². The normalized spacial score (nSPS) is 17.2. The van der Waals surface area contributed by atoms with Gasteiger partial charge >= 0.3 is 0 Å². The van der Waals surface area contributed by atoms with Crippen LogP contribution < -0.4 is 4.90 Å². The first-order valence-corrected chi connectivity index (χ1v) is 6.76. The summed E-state index contributed by atoms with van der Waals surface area (Å²) in [6, 6.07) is 6.50. The van der Waals surface area contributed by atoms with Crippen LogP contribution in [0.3, 0.4) is 0 Å². The zero-order chi connectivity index (χ0) is 13.1. The number of fused-ring (bicyclic) bond motifs is 1. The number of nitrogens with one attached hydrogen (secondary N) is 1. The molecular weight excluding hydrogens is 240 g/mol. The lowest BCUT2D eigenvalue weighted by atomic mass is 10.2. The third-order valence-electron chi connectivity index (χ3n) is 3.77. The Morgan fingerprint density at radius 1 is 1.26 bits per heavy atom. The van der Waals surface area contributed by atoms with Crippen LogP contribution in [-0.2, 0) is 4.74 Å². The fourth-order valence-corrected chi connectivity index (χ4v) is 2.57. The van der Waals surface area contributed by atoms with Crippen LogP contribution in [0.1, 0.15) is 0 Å². The highest BCUT2D eigenvalue weighted by Gasteiger charge is 2.17. The smallest absolute Gasteiger partial charge is 0.0670 e. The first-order chi connectivity index (χ1) is 9.36. The molecule has 1 aliphatic heterocycles. The van der Waals surface area contributed by atoms with Crippen molar-refractivity contribution in [3.8, 4) is 0 Å².